The second kappa shape index (κ2) is 7.88. The maximum Gasteiger partial charge on any atom is 0.232 e. The van der Waals surface area contributed by atoms with Gasteiger partial charge in [-0.1, -0.05) is 36.2 Å². The molecular formula is C20H23N3OS. The van der Waals surface area contributed by atoms with E-state index in [4.69, 9.17) is 4.98 Å². The standard InChI is InChI=1S/C20H23N3OS/c1-14-9-15(2)19-16(10-14)11-17(12-21)20(22-19)25-13-18(24)23-7-5-3-4-6-8-23/h9-11H,3-8,13H2,1-2H3. The van der Waals surface area contributed by atoms with Crippen molar-refractivity contribution in [3.63, 3.8) is 0 Å². The Morgan fingerprint density at radius 1 is 1.20 bits per heavy atom. The molecule has 0 unspecified atom stereocenters. The average molecular weight is 353 g/mol. The normalized spacial score (nSPS) is 15.0. The van der Waals surface area contributed by atoms with Gasteiger partial charge in [-0.3, -0.25) is 4.79 Å². The number of likely N-dealkylation sites (tertiary alicyclic amines) is 1. The molecule has 0 N–H and O–H groups in total. The number of rotatable bonds is 3. The van der Waals surface area contributed by atoms with Gasteiger partial charge in [0.1, 0.15) is 11.1 Å². The molecule has 1 saturated heterocycles. The zero-order valence-corrected chi connectivity index (χ0v) is 15.7. The monoisotopic (exact) mass is 353 g/mol. The smallest absolute Gasteiger partial charge is 0.232 e. The Labute approximate surface area is 153 Å². The number of hydrogen-bond acceptors (Lipinski definition) is 4. The zero-order valence-electron chi connectivity index (χ0n) is 14.8. The van der Waals surface area contributed by atoms with Gasteiger partial charge in [0.05, 0.1) is 16.8 Å². The Balaban J connectivity index is 1.80. The highest BCUT2D eigenvalue weighted by Gasteiger charge is 2.17. The van der Waals surface area contributed by atoms with Crippen molar-refractivity contribution in [3.8, 4) is 6.07 Å². The van der Waals surface area contributed by atoms with E-state index in [0.29, 0.717) is 16.3 Å². The zero-order chi connectivity index (χ0) is 17.8. The Morgan fingerprint density at radius 3 is 2.60 bits per heavy atom. The largest absolute Gasteiger partial charge is 0.342 e. The second-order valence-electron chi connectivity index (χ2n) is 6.69. The van der Waals surface area contributed by atoms with Crippen LogP contribution in [-0.4, -0.2) is 34.6 Å². The van der Waals surface area contributed by atoms with Crippen molar-refractivity contribution < 1.29 is 4.79 Å². The number of thioether (sulfide) groups is 1. The van der Waals surface area contributed by atoms with E-state index in [9.17, 15) is 10.1 Å². The van der Waals surface area contributed by atoms with Crippen LogP contribution in [0, 0.1) is 25.2 Å². The molecule has 2 heterocycles. The number of aromatic nitrogens is 1. The molecule has 1 aromatic carbocycles. The third kappa shape index (κ3) is 4.13. The van der Waals surface area contributed by atoms with E-state index in [-0.39, 0.29) is 5.91 Å². The van der Waals surface area contributed by atoms with Gasteiger partial charge in [0.25, 0.3) is 0 Å². The van der Waals surface area contributed by atoms with E-state index in [1.165, 1.54) is 24.6 Å². The van der Waals surface area contributed by atoms with Crippen molar-refractivity contribution in [2.24, 2.45) is 0 Å². The molecule has 0 saturated carbocycles. The van der Waals surface area contributed by atoms with Gasteiger partial charge in [0.15, 0.2) is 0 Å². The Morgan fingerprint density at radius 2 is 1.92 bits per heavy atom. The topological polar surface area (TPSA) is 57.0 Å². The fourth-order valence-corrected chi connectivity index (χ4v) is 4.22. The van der Waals surface area contributed by atoms with E-state index in [0.717, 1.165) is 48.0 Å². The average Bonchev–Trinajstić information content (AvgIpc) is 2.88. The predicted octanol–water partition coefficient (Wildman–Crippen LogP) is 4.22. The summed E-state index contributed by atoms with van der Waals surface area (Å²) in [6, 6.07) is 8.27. The fraction of sp³-hybridized carbons (Fsp3) is 0.450. The number of nitrogens with zero attached hydrogens (tertiary/aromatic N) is 3. The van der Waals surface area contributed by atoms with Crippen molar-refractivity contribution in [2.45, 2.75) is 44.6 Å². The predicted molar refractivity (Wildman–Crippen MR) is 102 cm³/mol. The molecule has 1 aromatic heterocycles. The number of hydrogen-bond donors (Lipinski definition) is 0. The van der Waals surface area contributed by atoms with Crippen LogP contribution in [0.2, 0.25) is 0 Å². The van der Waals surface area contributed by atoms with Crippen LogP contribution in [0.5, 0.6) is 0 Å². The van der Waals surface area contributed by atoms with Gasteiger partial charge in [0.2, 0.25) is 5.91 Å². The van der Waals surface area contributed by atoms with E-state index < -0.39 is 0 Å². The van der Waals surface area contributed by atoms with Crippen molar-refractivity contribution in [1.82, 2.24) is 9.88 Å². The van der Waals surface area contributed by atoms with Crippen molar-refractivity contribution in [1.29, 1.82) is 5.26 Å². The van der Waals surface area contributed by atoms with Crippen LogP contribution >= 0.6 is 11.8 Å². The van der Waals surface area contributed by atoms with Crippen molar-refractivity contribution in [2.75, 3.05) is 18.8 Å². The van der Waals surface area contributed by atoms with Crippen LogP contribution < -0.4 is 0 Å². The molecule has 2 aromatic rings. The number of nitriles is 1. The summed E-state index contributed by atoms with van der Waals surface area (Å²) < 4.78 is 0. The van der Waals surface area contributed by atoms with Gasteiger partial charge in [-0.15, -0.1) is 0 Å². The molecule has 0 atom stereocenters. The molecule has 1 aliphatic rings. The molecular weight excluding hydrogens is 330 g/mol. The van der Waals surface area contributed by atoms with Crippen molar-refractivity contribution in [3.05, 3.63) is 34.9 Å². The van der Waals surface area contributed by atoms with E-state index in [1.54, 1.807) is 0 Å². The van der Waals surface area contributed by atoms with Gasteiger partial charge in [-0.2, -0.15) is 5.26 Å². The summed E-state index contributed by atoms with van der Waals surface area (Å²) in [7, 11) is 0. The number of carbonyl (C=O) groups excluding carboxylic acids is 1. The summed E-state index contributed by atoms with van der Waals surface area (Å²) >= 11 is 1.38. The van der Waals surface area contributed by atoms with Crippen LogP contribution in [0.3, 0.4) is 0 Å². The summed E-state index contributed by atoms with van der Waals surface area (Å²) in [6.45, 7) is 5.79. The molecule has 5 heteroatoms. The van der Waals surface area contributed by atoms with Crippen LogP contribution in [0.1, 0.15) is 42.4 Å². The first-order valence-corrected chi connectivity index (χ1v) is 9.80. The van der Waals surface area contributed by atoms with E-state index in [2.05, 4.69) is 12.1 Å². The van der Waals surface area contributed by atoms with Crippen LogP contribution in [0.25, 0.3) is 10.9 Å². The number of carbonyl (C=O) groups is 1. The Kier molecular flexibility index (Phi) is 5.60. The maximum absolute atomic E-state index is 12.5. The van der Waals surface area contributed by atoms with Crippen LogP contribution in [0.15, 0.2) is 23.2 Å². The Hall–Kier alpha value is -2.06. The summed E-state index contributed by atoms with van der Waals surface area (Å²) in [6.07, 6.45) is 4.60. The first-order chi connectivity index (χ1) is 12.1. The van der Waals surface area contributed by atoms with Crippen molar-refractivity contribution >= 4 is 28.6 Å². The first-order valence-electron chi connectivity index (χ1n) is 8.81. The molecule has 25 heavy (non-hydrogen) atoms. The van der Waals surface area contributed by atoms with E-state index in [1.807, 2.05) is 30.9 Å². The molecule has 0 spiro atoms. The molecule has 1 fully saturated rings. The number of fused-ring (bicyclic) bond motifs is 1. The molecule has 1 aliphatic heterocycles. The van der Waals surface area contributed by atoms with Crippen LogP contribution in [-0.2, 0) is 4.79 Å². The van der Waals surface area contributed by atoms with Gasteiger partial charge in [-0.25, -0.2) is 4.98 Å². The maximum atomic E-state index is 12.5. The van der Waals surface area contributed by atoms with Gasteiger partial charge >= 0.3 is 0 Å². The molecule has 0 bridgehead atoms. The summed E-state index contributed by atoms with van der Waals surface area (Å²) in [5.41, 5.74) is 3.72. The lowest BCUT2D eigenvalue weighted by molar-refractivity contribution is -0.128. The van der Waals surface area contributed by atoms with Gasteiger partial charge < -0.3 is 4.90 Å². The number of pyridine rings is 1. The lowest BCUT2D eigenvalue weighted by Gasteiger charge is -2.20. The van der Waals surface area contributed by atoms with Gasteiger partial charge in [0, 0.05) is 18.5 Å². The van der Waals surface area contributed by atoms with E-state index >= 15 is 0 Å². The highest BCUT2D eigenvalue weighted by atomic mass is 32.2. The lowest BCUT2D eigenvalue weighted by atomic mass is 10.1. The molecule has 3 rings (SSSR count). The molecule has 0 aliphatic carbocycles. The van der Waals surface area contributed by atoms with Crippen LogP contribution in [0.4, 0.5) is 0 Å². The number of benzene rings is 1. The quantitative estimate of drug-likeness (QED) is 0.775. The number of aryl methyl sites for hydroxylation is 2. The fourth-order valence-electron chi connectivity index (χ4n) is 3.37. The minimum atomic E-state index is 0.151. The summed E-state index contributed by atoms with van der Waals surface area (Å²) in [4.78, 5) is 19.1. The molecule has 1 amide bonds. The summed E-state index contributed by atoms with van der Waals surface area (Å²) in [5.74, 6) is 0.497. The third-order valence-electron chi connectivity index (χ3n) is 4.63. The molecule has 4 nitrogen and oxygen atoms in total. The summed E-state index contributed by atoms with van der Waals surface area (Å²) in [5, 5.41) is 11.1. The first kappa shape index (κ1) is 17.8. The lowest BCUT2D eigenvalue weighted by Crippen LogP contribution is -2.33. The minimum absolute atomic E-state index is 0.151. The Bertz CT molecular complexity index is 833. The molecule has 0 radical (unpaired) electrons. The SMILES string of the molecule is Cc1cc(C)c2nc(SCC(=O)N3CCCCCC3)c(C#N)cc2c1. The molecule has 130 valence electrons. The minimum Gasteiger partial charge on any atom is -0.342 e. The highest BCUT2D eigenvalue weighted by Crippen LogP contribution is 2.27. The third-order valence-corrected chi connectivity index (χ3v) is 5.61. The number of amides is 1. The second-order valence-corrected chi connectivity index (χ2v) is 7.65. The highest BCUT2D eigenvalue weighted by molar-refractivity contribution is 8.00. The van der Waals surface area contributed by atoms with Gasteiger partial charge in [-0.05, 0) is 44.4 Å².